The second-order valence-electron chi connectivity index (χ2n) is 6.52. The van der Waals surface area contributed by atoms with Crippen LogP contribution in [0.15, 0.2) is 30.3 Å². The molecule has 0 aliphatic carbocycles. The van der Waals surface area contributed by atoms with Gasteiger partial charge >= 0.3 is 0 Å². The lowest BCUT2D eigenvalue weighted by Gasteiger charge is -2.34. The fraction of sp³-hybridized carbons (Fsp3) is 0.611. The number of nitrogens with one attached hydrogen (secondary N) is 1. The minimum atomic E-state index is -0.496. The van der Waals surface area contributed by atoms with Gasteiger partial charge < -0.3 is 15.8 Å². The number of rotatable bonds is 6. The molecule has 2 unspecified atom stereocenters. The van der Waals surface area contributed by atoms with Crippen LogP contribution in [0, 0.1) is 11.8 Å². The van der Waals surface area contributed by atoms with Crippen LogP contribution in [0.2, 0.25) is 0 Å². The maximum absolute atomic E-state index is 12.2. The van der Waals surface area contributed by atoms with Crippen LogP contribution in [0.4, 0.5) is 0 Å². The smallest absolute Gasteiger partial charge is 0.237 e. The highest BCUT2D eigenvalue weighted by atomic mass is 16.5. The van der Waals surface area contributed by atoms with E-state index in [9.17, 15) is 4.79 Å². The van der Waals surface area contributed by atoms with E-state index in [2.05, 4.69) is 19.2 Å². The van der Waals surface area contributed by atoms with Crippen LogP contribution in [-0.4, -0.2) is 31.2 Å². The Morgan fingerprint density at radius 2 is 2.09 bits per heavy atom. The molecule has 1 saturated heterocycles. The first kappa shape index (κ1) is 17.0. The maximum Gasteiger partial charge on any atom is 0.237 e. The van der Waals surface area contributed by atoms with Gasteiger partial charge in [0.15, 0.2) is 0 Å². The molecule has 22 heavy (non-hydrogen) atoms. The van der Waals surface area contributed by atoms with Crippen molar-refractivity contribution < 1.29 is 9.53 Å². The van der Waals surface area contributed by atoms with Gasteiger partial charge in [0.1, 0.15) is 0 Å². The number of hydrogen-bond acceptors (Lipinski definition) is 3. The van der Waals surface area contributed by atoms with Gasteiger partial charge in [0.05, 0.1) is 12.1 Å². The van der Waals surface area contributed by atoms with Crippen molar-refractivity contribution in [2.24, 2.45) is 17.6 Å². The minimum absolute atomic E-state index is 0.0723. The number of carbonyl (C=O) groups excluding carboxylic acids is 1. The summed E-state index contributed by atoms with van der Waals surface area (Å²) in [6.45, 7) is 5.84. The molecule has 1 aromatic carbocycles. The molecular formula is C18H28N2O2. The van der Waals surface area contributed by atoms with Gasteiger partial charge in [-0.05, 0) is 30.7 Å². The molecule has 0 aromatic heterocycles. The highest BCUT2D eigenvalue weighted by molar-refractivity contribution is 5.81. The number of nitrogens with two attached hydrogens (primary N) is 1. The Kier molecular flexibility index (Phi) is 6.40. The number of amides is 1. The van der Waals surface area contributed by atoms with Crippen LogP contribution in [0.1, 0.15) is 32.3 Å². The average molecular weight is 304 g/mol. The predicted octanol–water partition coefficient (Wildman–Crippen LogP) is 2.12. The summed E-state index contributed by atoms with van der Waals surface area (Å²) >= 11 is 0. The first-order valence-corrected chi connectivity index (χ1v) is 8.26. The summed E-state index contributed by atoms with van der Waals surface area (Å²) < 4.78 is 5.86. The molecule has 0 saturated carbocycles. The van der Waals surface area contributed by atoms with E-state index in [0.717, 1.165) is 25.0 Å². The minimum Gasteiger partial charge on any atom is -0.378 e. The molecule has 122 valence electrons. The molecule has 3 atom stereocenters. The van der Waals surface area contributed by atoms with Gasteiger partial charge in [-0.3, -0.25) is 4.79 Å². The van der Waals surface area contributed by atoms with Crippen LogP contribution < -0.4 is 11.1 Å². The second kappa shape index (κ2) is 8.30. The van der Waals surface area contributed by atoms with Crippen LogP contribution in [-0.2, 0) is 16.0 Å². The monoisotopic (exact) mass is 304 g/mol. The Bertz CT molecular complexity index is 461. The Morgan fingerprint density at radius 3 is 2.77 bits per heavy atom. The quantitative estimate of drug-likeness (QED) is 0.846. The van der Waals surface area contributed by atoms with E-state index < -0.39 is 6.04 Å². The summed E-state index contributed by atoms with van der Waals surface area (Å²) in [4.78, 5) is 12.2. The first-order valence-electron chi connectivity index (χ1n) is 8.26. The topological polar surface area (TPSA) is 64.3 Å². The summed E-state index contributed by atoms with van der Waals surface area (Å²) in [5, 5.41) is 3.01. The van der Waals surface area contributed by atoms with Crippen LogP contribution in [0.25, 0.3) is 0 Å². The summed E-state index contributed by atoms with van der Waals surface area (Å²) in [5.74, 6) is 0.791. The molecule has 1 aliphatic heterocycles. The van der Waals surface area contributed by atoms with Crippen molar-refractivity contribution in [2.45, 2.75) is 45.3 Å². The van der Waals surface area contributed by atoms with Gasteiger partial charge in [-0.25, -0.2) is 0 Å². The number of ether oxygens (including phenoxy) is 1. The average Bonchev–Trinajstić information content (AvgIpc) is 2.53. The van der Waals surface area contributed by atoms with Crippen molar-refractivity contribution in [1.82, 2.24) is 5.32 Å². The van der Waals surface area contributed by atoms with E-state index in [1.54, 1.807) is 0 Å². The first-order chi connectivity index (χ1) is 10.6. The highest BCUT2D eigenvalue weighted by Crippen LogP contribution is 2.25. The number of benzene rings is 1. The number of hydrogen-bond donors (Lipinski definition) is 2. The standard InChI is InChI=1S/C18H28N2O2/c1-13(2)17-15(9-6-10-22-17)12-20-18(21)16(19)11-14-7-4-3-5-8-14/h3-5,7-8,13,15-17H,6,9-12,19H2,1-2H3,(H,20,21)/t15?,16-,17?/m0/s1. The van der Waals surface area contributed by atoms with Gasteiger partial charge in [0, 0.05) is 19.1 Å². The van der Waals surface area contributed by atoms with Crippen LogP contribution in [0.5, 0.6) is 0 Å². The van der Waals surface area contributed by atoms with Gasteiger partial charge in [0.25, 0.3) is 0 Å². The summed E-state index contributed by atoms with van der Waals surface area (Å²) in [6, 6.07) is 9.39. The maximum atomic E-state index is 12.2. The summed E-state index contributed by atoms with van der Waals surface area (Å²) in [6.07, 6.45) is 2.98. The third kappa shape index (κ3) is 4.82. The molecule has 0 spiro atoms. The Morgan fingerprint density at radius 1 is 1.36 bits per heavy atom. The van der Waals surface area contributed by atoms with Crippen molar-refractivity contribution in [3.63, 3.8) is 0 Å². The summed E-state index contributed by atoms with van der Waals surface area (Å²) in [5.41, 5.74) is 7.11. The van der Waals surface area contributed by atoms with Crippen molar-refractivity contribution in [3.8, 4) is 0 Å². The zero-order valence-corrected chi connectivity index (χ0v) is 13.6. The molecule has 0 radical (unpaired) electrons. The zero-order valence-electron chi connectivity index (χ0n) is 13.6. The van der Waals surface area contributed by atoms with E-state index in [1.807, 2.05) is 30.3 Å². The second-order valence-corrected chi connectivity index (χ2v) is 6.52. The van der Waals surface area contributed by atoms with E-state index in [0.29, 0.717) is 24.8 Å². The molecule has 0 bridgehead atoms. The molecule has 4 heteroatoms. The molecule has 2 rings (SSSR count). The lowest BCUT2D eigenvalue weighted by atomic mass is 9.87. The van der Waals surface area contributed by atoms with Gasteiger partial charge in [-0.2, -0.15) is 0 Å². The summed E-state index contributed by atoms with van der Waals surface area (Å²) in [7, 11) is 0. The molecule has 3 N–H and O–H groups in total. The lowest BCUT2D eigenvalue weighted by Crippen LogP contribution is -2.47. The van der Waals surface area contributed by atoms with Gasteiger partial charge in [-0.1, -0.05) is 44.2 Å². The SMILES string of the molecule is CC(C)C1OCCCC1CNC(=O)[C@@H](N)Cc1ccccc1. The lowest BCUT2D eigenvalue weighted by molar-refractivity contribution is -0.123. The molecule has 4 nitrogen and oxygen atoms in total. The zero-order chi connectivity index (χ0) is 15.9. The largest absolute Gasteiger partial charge is 0.378 e. The fourth-order valence-electron chi connectivity index (χ4n) is 3.14. The highest BCUT2D eigenvalue weighted by Gasteiger charge is 2.29. The normalized spacial score (nSPS) is 23.3. The Hall–Kier alpha value is -1.39. The van der Waals surface area contributed by atoms with E-state index >= 15 is 0 Å². The van der Waals surface area contributed by atoms with Crippen molar-refractivity contribution in [3.05, 3.63) is 35.9 Å². The molecular weight excluding hydrogens is 276 g/mol. The van der Waals surface area contributed by atoms with Crippen LogP contribution in [0.3, 0.4) is 0 Å². The molecule has 1 aliphatic rings. The molecule has 1 aromatic rings. The van der Waals surface area contributed by atoms with Crippen LogP contribution >= 0.6 is 0 Å². The van der Waals surface area contributed by atoms with E-state index in [1.165, 1.54) is 0 Å². The van der Waals surface area contributed by atoms with Crippen molar-refractivity contribution in [1.29, 1.82) is 0 Å². The Balaban J connectivity index is 1.81. The Labute approximate surface area is 133 Å². The predicted molar refractivity (Wildman–Crippen MR) is 88.4 cm³/mol. The third-order valence-electron chi connectivity index (χ3n) is 4.32. The number of carbonyl (C=O) groups is 1. The van der Waals surface area contributed by atoms with Gasteiger partial charge in [-0.15, -0.1) is 0 Å². The van der Waals surface area contributed by atoms with E-state index in [4.69, 9.17) is 10.5 Å². The molecule has 1 fully saturated rings. The third-order valence-corrected chi connectivity index (χ3v) is 4.32. The molecule has 1 heterocycles. The fourth-order valence-corrected chi connectivity index (χ4v) is 3.14. The van der Waals surface area contributed by atoms with Crippen molar-refractivity contribution in [2.75, 3.05) is 13.2 Å². The molecule has 1 amide bonds. The van der Waals surface area contributed by atoms with E-state index in [-0.39, 0.29) is 12.0 Å². The van der Waals surface area contributed by atoms with Crippen molar-refractivity contribution >= 4 is 5.91 Å². The van der Waals surface area contributed by atoms with Gasteiger partial charge in [0.2, 0.25) is 5.91 Å².